The average Bonchev–Trinajstić information content (AvgIpc) is 2.79. The minimum atomic E-state index is 0.683. The quantitative estimate of drug-likeness (QED) is 0.803. The van der Waals surface area contributed by atoms with Crippen LogP contribution in [0.25, 0.3) is 0 Å². The second-order valence-electron chi connectivity index (χ2n) is 5.79. The van der Waals surface area contributed by atoms with Gasteiger partial charge < -0.3 is 5.32 Å². The van der Waals surface area contributed by atoms with Crippen molar-refractivity contribution in [2.45, 2.75) is 52.5 Å². The van der Waals surface area contributed by atoms with Crippen LogP contribution in [0.2, 0.25) is 0 Å². The molecule has 2 atom stereocenters. The van der Waals surface area contributed by atoms with Crippen LogP contribution in [0.3, 0.4) is 0 Å². The first kappa shape index (κ1) is 13.6. The molecule has 0 spiro atoms. The van der Waals surface area contributed by atoms with Gasteiger partial charge in [-0.05, 0) is 48.8 Å². The van der Waals surface area contributed by atoms with E-state index in [-0.39, 0.29) is 0 Å². The molecular formula is C17H27N. The molecule has 0 saturated carbocycles. The van der Waals surface area contributed by atoms with Gasteiger partial charge >= 0.3 is 0 Å². The fourth-order valence-corrected chi connectivity index (χ4v) is 3.55. The van der Waals surface area contributed by atoms with Crippen molar-refractivity contribution in [1.29, 1.82) is 0 Å². The van der Waals surface area contributed by atoms with Crippen LogP contribution in [-0.2, 0) is 12.8 Å². The lowest BCUT2D eigenvalue weighted by Gasteiger charge is -2.30. The second kappa shape index (κ2) is 6.38. The van der Waals surface area contributed by atoms with Gasteiger partial charge in [-0.15, -0.1) is 0 Å². The van der Waals surface area contributed by atoms with Gasteiger partial charge in [0.25, 0.3) is 0 Å². The van der Waals surface area contributed by atoms with Crippen molar-refractivity contribution in [2.75, 3.05) is 6.54 Å². The summed E-state index contributed by atoms with van der Waals surface area (Å²) in [4.78, 5) is 0. The summed E-state index contributed by atoms with van der Waals surface area (Å²) in [5, 5.41) is 3.74. The van der Waals surface area contributed by atoms with Crippen LogP contribution in [0.15, 0.2) is 24.3 Å². The van der Waals surface area contributed by atoms with E-state index >= 15 is 0 Å². The van der Waals surface area contributed by atoms with Gasteiger partial charge in [0.15, 0.2) is 0 Å². The summed E-state index contributed by atoms with van der Waals surface area (Å²) in [6.07, 6.45) is 5.16. The standard InChI is InChI=1S/C17H27N/c1-4-8-13(3)17(18-5-2)16-11-14-9-6-7-10-15(14)12-16/h6-7,9-10,13,16-18H,4-5,8,11-12H2,1-3H3. The molecule has 100 valence electrons. The number of hydrogen-bond donors (Lipinski definition) is 1. The maximum Gasteiger partial charge on any atom is 0.0127 e. The molecule has 0 aliphatic heterocycles. The van der Waals surface area contributed by atoms with Gasteiger partial charge in [-0.3, -0.25) is 0 Å². The molecule has 1 nitrogen and oxygen atoms in total. The molecule has 0 aromatic heterocycles. The van der Waals surface area contributed by atoms with E-state index in [0.717, 1.165) is 18.4 Å². The zero-order chi connectivity index (χ0) is 13.0. The summed E-state index contributed by atoms with van der Waals surface area (Å²) < 4.78 is 0. The molecule has 0 amide bonds. The molecule has 1 aromatic carbocycles. The van der Waals surface area contributed by atoms with Gasteiger partial charge in [-0.1, -0.05) is 51.5 Å². The molecule has 1 aliphatic rings. The highest BCUT2D eigenvalue weighted by molar-refractivity contribution is 5.32. The van der Waals surface area contributed by atoms with E-state index < -0.39 is 0 Å². The summed E-state index contributed by atoms with van der Waals surface area (Å²) in [5.74, 6) is 1.58. The molecule has 0 bridgehead atoms. The number of rotatable bonds is 6. The van der Waals surface area contributed by atoms with Crippen molar-refractivity contribution in [3.8, 4) is 0 Å². The Balaban J connectivity index is 2.05. The smallest absolute Gasteiger partial charge is 0.0127 e. The Bertz CT molecular complexity index is 347. The van der Waals surface area contributed by atoms with Crippen molar-refractivity contribution in [3.05, 3.63) is 35.4 Å². The first-order valence-corrected chi connectivity index (χ1v) is 7.56. The molecule has 1 aliphatic carbocycles. The minimum absolute atomic E-state index is 0.683. The van der Waals surface area contributed by atoms with Crippen LogP contribution in [-0.4, -0.2) is 12.6 Å². The molecule has 0 heterocycles. The van der Waals surface area contributed by atoms with E-state index in [9.17, 15) is 0 Å². The Morgan fingerprint density at radius 2 is 1.78 bits per heavy atom. The van der Waals surface area contributed by atoms with Crippen molar-refractivity contribution in [1.82, 2.24) is 5.32 Å². The highest BCUT2D eigenvalue weighted by Gasteiger charge is 2.30. The van der Waals surface area contributed by atoms with Crippen molar-refractivity contribution < 1.29 is 0 Å². The molecule has 2 unspecified atom stereocenters. The van der Waals surface area contributed by atoms with E-state index in [4.69, 9.17) is 0 Å². The summed E-state index contributed by atoms with van der Waals surface area (Å²) >= 11 is 0. The van der Waals surface area contributed by atoms with E-state index in [1.807, 2.05) is 0 Å². The highest BCUT2D eigenvalue weighted by Crippen LogP contribution is 2.32. The van der Waals surface area contributed by atoms with Crippen LogP contribution in [0, 0.1) is 11.8 Å². The predicted molar refractivity (Wildman–Crippen MR) is 78.9 cm³/mol. The van der Waals surface area contributed by atoms with E-state index in [1.54, 1.807) is 11.1 Å². The van der Waals surface area contributed by atoms with Crippen LogP contribution in [0.1, 0.15) is 44.7 Å². The van der Waals surface area contributed by atoms with Crippen molar-refractivity contribution >= 4 is 0 Å². The lowest BCUT2D eigenvalue weighted by Crippen LogP contribution is -2.41. The van der Waals surface area contributed by atoms with Crippen LogP contribution >= 0.6 is 0 Å². The number of hydrogen-bond acceptors (Lipinski definition) is 1. The summed E-state index contributed by atoms with van der Waals surface area (Å²) in [6.45, 7) is 8.03. The van der Waals surface area contributed by atoms with Gasteiger partial charge in [0.05, 0.1) is 0 Å². The number of nitrogens with one attached hydrogen (secondary N) is 1. The van der Waals surface area contributed by atoms with Crippen LogP contribution < -0.4 is 5.32 Å². The Hall–Kier alpha value is -0.820. The van der Waals surface area contributed by atoms with Crippen molar-refractivity contribution in [3.63, 3.8) is 0 Å². The average molecular weight is 245 g/mol. The maximum absolute atomic E-state index is 3.74. The topological polar surface area (TPSA) is 12.0 Å². The lowest BCUT2D eigenvalue weighted by atomic mass is 9.85. The normalized spacial score (nSPS) is 18.6. The zero-order valence-corrected chi connectivity index (χ0v) is 12.1. The molecule has 1 heteroatoms. The Morgan fingerprint density at radius 3 is 2.28 bits per heavy atom. The monoisotopic (exact) mass is 245 g/mol. The maximum atomic E-state index is 3.74. The van der Waals surface area contributed by atoms with Gasteiger partial charge in [0.2, 0.25) is 0 Å². The zero-order valence-electron chi connectivity index (χ0n) is 12.1. The molecule has 18 heavy (non-hydrogen) atoms. The van der Waals surface area contributed by atoms with Crippen LogP contribution in [0.4, 0.5) is 0 Å². The Morgan fingerprint density at radius 1 is 1.17 bits per heavy atom. The fourth-order valence-electron chi connectivity index (χ4n) is 3.55. The molecular weight excluding hydrogens is 218 g/mol. The predicted octanol–water partition coefficient (Wildman–Crippen LogP) is 3.82. The number of fused-ring (bicyclic) bond motifs is 1. The largest absolute Gasteiger partial charge is 0.314 e. The third kappa shape index (κ3) is 2.95. The van der Waals surface area contributed by atoms with Crippen molar-refractivity contribution in [2.24, 2.45) is 11.8 Å². The molecule has 0 radical (unpaired) electrons. The van der Waals surface area contributed by atoms with E-state index in [2.05, 4.69) is 50.4 Å². The Kier molecular flexibility index (Phi) is 4.82. The lowest BCUT2D eigenvalue weighted by molar-refractivity contribution is 0.267. The summed E-state index contributed by atoms with van der Waals surface area (Å²) in [6, 6.07) is 9.66. The SMILES string of the molecule is CCCC(C)C(NCC)C1Cc2ccccc2C1. The third-order valence-corrected chi connectivity index (χ3v) is 4.39. The third-order valence-electron chi connectivity index (χ3n) is 4.39. The van der Waals surface area contributed by atoms with E-state index in [1.165, 1.54) is 25.7 Å². The summed E-state index contributed by atoms with van der Waals surface area (Å²) in [5.41, 5.74) is 3.16. The molecule has 1 N–H and O–H groups in total. The first-order chi connectivity index (χ1) is 8.76. The van der Waals surface area contributed by atoms with Crippen LogP contribution in [0.5, 0.6) is 0 Å². The molecule has 0 saturated heterocycles. The minimum Gasteiger partial charge on any atom is -0.314 e. The van der Waals surface area contributed by atoms with Gasteiger partial charge in [0.1, 0.15) is 0 Å². The summed E-state index contributed by atoms with van der Waals surface area (Å²) in [7, 11) is 0. The Labute approximate surface area is 112 Å². The highest BCUT2D eigenvalue weighted by atomic mass is 14.9. The van der Waals surface area contributed by atoms with E-state index in [0.29, 0.717) is 6.04 Å². The number of benzene rings is 1. The van der Waals surface area contributed by atoms with Gasteiger partial charge in [-0.2, -0.15) is 0 Å². The molecule has 0 fully saturated rings. The fraction of sp³-hybridized carbons (Fsp3) is 0.647. The van der Waals surface area contributed by atoms with Gasteiger partial charge in [0, 0.05) is 6.04 Å². The molecule has 1 aromatic rings. The molecule has 2 rings (SSSR count). The van der Waals surface area contributed by atoms with Gasteiger partial charge in [-0.25, -0.2) is 0 Å². The first-order valence-electron chi connectivity index (χ1n) is 7.56. The second-order valence-corrected chi connectivity index (χ2v) is 5.79.